The van der Waals surface area contributed by atoms with E-state index in [1.54, 1.807) is 7.11 Å². The summed E-state index contributed by atoms with van der Waals surface area (Å²) in [4.78, 5) is 0. The first kappa shape index (κ1) is 16.3. The van der Waals surface area contributed by atoms with Crippen molar-refractivity contribution in [3.8, 4) is 28.5 Å². The second-order valence-electron chi connectivity index (χ2n) is 5.81. The van der Waals surface area contributed by atoms with E-state index in [4.69, 9.17) is 17.0 Å². The monoisotopic (exact) mass is 363 g/mol. The van der Waals surface area contributed by atoms with Crippen LogP contribution < -0.4 is 9.30 Å². The molecule has 0 fully saturated rings. The van der Waals surface area contributed by atoms with Crippen molar-refractivity contribution in [3.05, 3.63) is 89.7 Å². The summed E-state index contributed by atoms with van der Waals surface area (Å²) in [6.45, 7) is 0. The second kappa shape index (κ2) is 6.98. The molecule has 0 spiro atoms. The molecule has 1 heterocycles. The number of rotatable bonds is 4. The van der Waals surface area contributed by atoms with Gasteiger partial charge in [0.1, 0.15) is 17.1 Å². The van der Waals surface area contributed by atoms with Crippen LogP contribution in [-0.2, 0) is 0 Å². The molecule has 0 unspecified atom stereocenters. The molecule has 26 heavy (non-hydrogen) atoms. The fourth-order valence-corrected chi connectivity index (χ4v) is 3.26. The molecule has 4 aromatic rings. The Hall–Kier alpha value is -3.18. The first-order chi connectivity index (χ1) is 12.8. The molecule has 0 saturated carbocycles. The zero-order valence-electron chi connectivity index (χ0n) is 14.3. The van der Waals surface area contributed by atoms with E-state index in [0.717, 1.165) is 28.5 Å². The summed E-state index contributed by atoms with van der Waals surface area (Å²) in [6.07, 6.45) is 0. The van der Waals surface area contributed by atoms with Crippen LogP contribution >= 0.6 is 12.2 Å². The molecule has 0 atom stereocenters. The van der Waals surface area contributed by atoms with E-state index >= 15 is 0 Å². The van der Waals surface area contributed by atoms with E-state index in [0.29, 0.717) is 4.77 Å². The summed E-state index contributed by atoms with van der Waals surface area (Å²) in [7, 11) is 1.67. The lowest BCUT2D eigenvalue weighted by molar-refractivity contribution is -0.591. The molecule has 0 aliphatic carbocycles. The number of para-hydroxylation sites is 2. The highest BCUT2D eigenvalue weighted by Gasteiger charge is 2.24. The Morgan fingerprint density at radius 2 is 1.46 bits per heavy atom. The molecule has 0 saturated heterocycles. The topological polar surface area (TPSA) is 33.8 Å². The van der Waals surface area contributed by atoms with Crippen LogP contribution in [0.4, 0.5) is 0 Å². The van der Waals surface area contributed by atoms with E-state index in [-0.39, 0.29) is 0 Å². The zero-order valence-corrected chi connectivity index (χ0v) is 15.1. The van der Waals surface area contributed by atoms with Crippen molar-refractivity contribution in [1.29, 1.82) is 0 Å². The Balaban J connectivity index is 2.00. The highest BCUT2D eigenvalue weighted by atomic mass is 32.1. The Morgan fingerprint density at radius 3 is 2.08 bits per heavy atom. The SMILES string of the molecule is COc1ccc(-c2[15n](-c3ccccc3)[15nH]c(=S)[15n+]2-c2ccccc2)cc1. The first-order valence-corrected chi connectivity index (χ1v) is 8.71. The van der Waals surface area contributed by atoms with Gasteiger partial charge in [0.25, 0.3) is 5.82 Å². The third-order valence-corrected chi connectivity index (χ3v) is 4.49. The minimum absolute atomic E-state index is 0.630. The van der Waals surface area contributed by atoms with Crippen LogP contribution in [0, 0.1) is 4.77 Å². The van der Waals surface area contributed by atoms with Gasteiger partial charge in [0, 0.05) is 0 Å². The molecule has 0 bridgehead atoms. The summed E-state index contributed by atoms with van der Waals surface area (Å²) in [6, 6.07) is 28.2. The number of methoxy groups -OCH3 is 1. The van der Waals surface area contributed by atoms with Crippen LogP contribution in [0.3, 0.4) is 0 Å². The van der Waals surface area contributed by atoms with Crippen LogP contribution in [0.25, 0.3) is 22.8 Å². The molecule has 0 amide bonds. The van der Waals surface area contributed by atoms with Crippen molar-refractivity contribution >= 4 is 12.2 Å². The molecule has 5 heteroatoms. The number of nitrogens with one attached hydrogen (secondary N) is 1. The van der Waals surface area contributed by atoms with E-state index in [1.165, 1.54) is 0 Å². The number of H-pyrrole nitrogens is 1. The lowest BCUT2D eigenvalue weighted by Gasteiger charge is -2.06. The van der Waals surface area contributed by atoms with Gasteiger partial charge in [-0.15, -0.1) is 9.78 Å². The molecule has 1 aromatic heterocycles. The van der Waals surface area contributed by atoms with Crippen molar-refractivity contribution in [2.75, 3.05) is 7.11 Å². The van der Waals surface area contributed by atoms with Gasteiger partial charge in [-0.3, -0.25) is 0 Å². The zero-order chi connectivity index (χ0) is 17.9. The maximum Gasteiger partial charge on any atom is 0.329 e. The van der Waals surface area contributed by atoms with Gasteiger partial charge >= 0.3 is 4.77 Å². The minimum atomic E-state index is 0.630. The van der Waals surface area contributed by atoms with Crippen LogP contribution in [0.5, 0.6) is 5.75 Å². The summed E-state index contributed by atoms with van der Waals surface area (Å²) >= 11 is 5.65. The molecule has 4 nitrogen and oxygen atoms in total. The summed E-state index contributed by atoms with van der Waals surface area (Å²) in [5.41, 5.74) is 3.05. The largest absolute Gasteiger partial charge is 0.497 e. The van der Waals surface area contributed by atoms with E-state index in [2.05, 4.69) is 5.10 Å². The van der Waals surface area contributed by atoms with Gasteiger partial charge in [-0.2, -0.15) is 4.57 Å². The van der Waals surface area contributed by atoms with Crippen LogP contribution in [0.15, 0.2) is 84.9 Å². The number of nitrogens with zero attached hydrogens (tertiary/aromatic N) is 2. The van der Waals surface area contributed by atoms with Crippen LogP contribution in [-0.4, -0.2) is 16.9 Å². The Morgan fingerprint density at radius 1 is 0.846 bits per heavy atom. The quantitative estimate of drug-likeness (QED) is 0.428. The number of ether oxygens (including phenoxy) is 1. The van der Waals surface area contributed by atoms with Gasteiger partial charge in [0.15, 0.2) is 0 Å². The predicted octanol–water partition coefficient (Wildman–Crippen LogP) is 4.49. The number of hydrogen-bond donors (Lipinski definition) is 1. The van der Waals surface area contributed by atoms with Gasteiger partial charge in [-0.05, 0) is 60.7 Å². The van der Waals surface area contributed by atoms with Gasteiger partial charge in [0.2, 0.25) is 0 Å². The average molecular weight is 363 g/mol. The Labute approximate surface area is 156 Å². The normalized spacial score (nSPS) is 10.7. The van der Waals surface area contributed by atoms with E-state index in [1.807, 2.05) is 94.2 Å². The Kier molecular flexibility index (Phi) is 4.37. The van der Waals surface area contributed by atoms with E-state index < -0.39 is 0 Å². The van der Waals surface area contributed by atoms with Gasteiger partial charge in [-0.25, -0.2) is 0 Å². The molecule has 128 valence electrons. The predicted molar refractivity (Wildman–Crippen MR) is 104 cm³/mol. The fraction of sp³-hybridized carbons (Fsp3) is 0.0476. The van der Waals surface area contributed by atoms with Crippen LogP contribution in [0.1, 0.15) is 0 Å². The fourth-order valence-electron chi connectivity index (χ4n) is 2.97. The number of hydrogen-bond acceptors (Lipinski definition) is 2. The molecule has 0 aliphatic rings. The second-order valence-corrected chi connectivity index (χ2v) is 6.20. The summed E-state index contributed by atoms with van der Waals surface area (Å²) in [5, 5.41) is 3.32. The standard InChI is InChI=1S/C21H17N3OS/c1-25-19-14-12-16(13-15-19)20-23(17-8-4-2-5-9-17)21(26)22-24(20)18-10-6-3-7-11-18/h2-15H,1H3/p+1/i22+1,23+1,24+1. The van der Waals surface area contributed by atoms with Gasteiger partial charge in [0.05, 0.1) is 12.7 Å². The minimum Gasteiger partial charge on any atom is -0.497 e. The summed E-state index contributed by atoms with van der Waals surface area (Å²) < 4.78 is 9.99. The lowest BCUT2D eigenvalue weighted by Crippen LogP contribution is -2.33. The average Bonchev–Trinajstić information content (AvgIpc) is 3.06. The number of benzene rings is 3. The molecular formula is C21H18N3OS+. The maximum atomic E-state index is 5.65. The molecule has 0 aliphatic heterocycles. The van der Waals surface area contributed by atoms with E-state index in [9.17, 15) is 0 Å². The van der Waals surface area contributed by atoms with Crippen molar-refractivity contribution in [2.24, 2.45) is 0 Å². The summed E-state index contributed by atoms with van der Waals surface area (Å²) in [5.74, 6) is 1.77. The van der Waals surface area contributed by atoms with Crippen molar-refractivity contribution < 1.29 is 9.30 Å². The van der Waals surface area contributed by atoms with Gasteiger partial charge in [-0.1, -0.05) is 36.4 Å². The van der Waals surface area contributed by atoms with Crippen molar-refractivity contribution in [3.63, 3.8) is 0 Å². The smallest absolute Gasteiger partial charge is 0.329 e. The van der Waals surface area contributed by atoms with Crippen molar-refractivity contribution in [1.82, 2.24) is 9.78 Å². The lowest BCUT2D eigenvalue weighted by atomic mass is 10.2. The Bertz CT molecular complexity index is 1070. The highest BCUT2D eigenvalue weighted by Crippen LogP contribution is 2.23. The number of aromatic amines is 1. The molecule has 0 radical (unpaired) electrons. The molecular weight excluding hydrogens is 345 g/mol. The number of aromatic nitrogens is 3. The van der Waals surface area contributed by atoms with Crippen molar-refractivity contribution in [2.45, 2.75) is 0 Å². The third-order valence-electron chi connectivity index (χ3n) is 4.21. The third kappa shape index (κ3) is 2.93. The molecule has 4 rings (SSSR count). The molecule has 1 N–H and O–H groups in total. The first-order valence-electron chi connectivity index (χ1n) is 8.30. The maximum absolute atomic E-state index is 5.65. The highest BCUT2D eigenvalue weighted by molar-refractivity contribution is 7.71. The van der Waals surface area contributed by atoms with Crippen LogP contribution in [0.2, 0.25) is 0 Å². The van der Waals surface area contributed by atoms with Gasteiger partial charge < -0.3 is 4.74 Å². The molecule has 3 aromatic carbocycles.